The second kappa shape index (κ2) is 10.8. The van der Waals surface area contributed by atoms with Gasteiger partial charge in [0.15, 0.2) is 17.6 Å². The van der Waals surface area contributed by atoms with Crippen molar-refractivity contribution in [2.75, 3.05) is 19.5 Å². The standard InChI is InChI=1S/C12H6F3N3OS.C12H17NO2S/c13-12(14,15)10-5-8(9-2-1-3-20-9)16-11-4-7(6-19)17-18(10)11;1-13-11-10(12(14)15-2)8-6-4-3-5-7-9(8)16-11/h1-6H;13H,3-7H2,1-2H3. The number of aldehydes is 1. The molecule has 12 heteroatoms. The van der Waals surface area contributed by atoms with E-state index in [0.717, 1.165) is 29.5 Å². The average Bonchev–Trinajstić information content (AvgIpc) is 3.58. The Morgan fingerprint density at radius 1 is 1.22 bits per heavy atom. The highest BCUT2D eigenvalue weighted by molar-refractivity contribution is 7.16. The van der Waals surface area contributed by atoms with E-state index in [9.17, 15) is 22.8 Å². The summed E-state index contributed by atoms with van der Waals surface area (Å²) in [6.45, 7) is 0. The average molecular weight is 537 g/mol. The van der Waals surface area contributed by atoms with Crippen molar-refractivity contribution in [3.8, 4) is 10.6 Å². The molecule has 0 bridgehead atoms. The van der Waals surface area contributed by atoms with Crippen LogP contribution in [-0.2, 0) is 23.8 Å². The number of carbonyl (C=O) groups excluding carboxylic acids is 2. The van der Waals surface area contributed by atoms with E-state index in [2.05, 4.69) is 15.4 Å². The summed E-state index contributed by atoms with van der Waals surface area (Å²) in [7, 11) is 3.31. The van der Waals surface area contributed by atoms with E-state index in [4.69, 9.17) is 4.74 Å². The highest BCUT2D eigenvalue weighted by Gasteiger charge is 2.35. The summed E-state index contributed by atoms with van der Waals surface area (Å²) in [6.07, 6.45) is 1.59. The molecule has 0 unspecified atom stereocenters. The number of hydrogen-bond donors (Lipinski definition) is 1. The van der Waals surface area contributed by atoms with Crippen LogP contribution in [0.1, 0.15) is 56.2 Å². The molecule has 0 spiro atoms. The number of anilines is 1. The van der Waals surface area contributed by atoms with Gasteiger partial charge in [-0.1, -0.05) is 12.5 Å². The third-order valence-corrected chi connectivity index (χ3v) is 7.87. The number of alkyl halides is 3. The lowest BCUT2D eigenvalue weighted by atomic mass is 10.1. The van der Waals surface area contributed by atoms with E-state index in [1.165, 1.54) is 54.2 Å². The van der Waals surface area contributed by atoms with Gasteiger partial charge in [0, 0.05) is 18.0 Å². The largest absolute Gasteiger partial charge is 0.465 e. The number of thiophene rings is 2. The maximum absolute atomic E-state index is 13.1. The predicted molar refractivity (Wildman–Crippen MR) is 133 cm³/mol. The molecule has 7 nitrogen and oxygen atoms in total. The summed E-state index contributed by atoms with van der Waals surface area (Å²) in [5, 5.41) is 9.40. The Hall–Kier alpha value is -3.25. The molecular weight excluding hydrogens is 513 g/mol. The Labute approximate surface area is 212 Å². The zero-order valence-corrected chi connectivity index (χ0v) is 21.1. The van der Waals surface area contributed by atoms with E-state index in [-0.39, 0.29) is 23.0 Å². The smallest absolute Gasteiger partial charge is 0.433 e. The number of fused-ring (bicyclic) bond motifs is 2. The van der Waals surface area contributed by atoms with Crippen LogP contribution < -0.4 is 5.32 Å². The number of aromatic nitrogens is 3. The summed E-state index contributed by atoms with van der Waals surface area (Å²) in [4.78, 5) is 28.5. The molecular formula is C24H23F3N4O3S2. The molecule has 0 aliphatic heterocycles. The Balaban J connectivity index is 0.000000174. The summed E-state index contributed by atoms with van der Waals surface area (Å²) in [6, 6.07) is 5.56. The molecule has 4 aromatic rings. The molecule has 0 radical (unpaired) electrons. The van der Waals surface area contributed by atoms with E-state index < -0.39 is 11.9 Å². The van der Waals surface area contributed by atoms with Crippen LogP contribution >= 0.6 is 22.7 Å². The van der Waals surface area contributed by atoms with Gasteiger partial charge in [-0.25, -0.2) is 14.3 Å². The highest BCUT2D eigenvalue weighted by Crippen LogP contribution is 2.37. The molecule has 4 aromatic heterocycles. The van der Waals surface area contributed by atoms with Gasteiger partial charge in [-0.15, -0.1) is 22.7 Å². The second-order valence-corrected chi connectivity index (χ2v) is 10.0. The lowest BCUT2D eigenvalue weighted by molar-refractivity contribution is -0.142. The van der Waals surface area contributed by atoms with Crippen molar-refractivity contribution in [1.82, 2.24) is 14.6 Å². The molecule has 190 valence electrons. The number of carbonyl (C=O) groups is 2. The zero-order valence-electron chi connectivity index (χ0n) is 19.5. The first-order valence-electron chi connectivity index (χ1n) is 11.1. The van der Waals surface area contributed by atoms with Crippen molar-refractivity contribution in [1.29, 1.82) is 0 Å². The fourth-order valence-corrected chi connectivity index (χ4v) is 5.96. The molecule has 0 amide bonds. The molecule has 0 fully saturated rings. The normalized spacial score (nSPS) is 13.4. The minimum atomic E-state index is -4.58. The van der Waals surface area contributed by atoms with Gasteiger partial charge in [0.2, 0.25) is 0 Å². The summed E-state index contributed by atoms with van der Waals surface area (Å²) in [5.41, 5.74) is 1.14. The van der Waals surface area contributed by atoms with E-state index in [0.29, 0.717) is 15.7 Å². The number of methoxy groups -OCH3 is 1. The van der Waals surface area contributed by atoms with Crippen molar-refractivity contribution in [3.63, 3.8) is 0 Å². The van der Waals surface area contributed by atoms with Crippen molar-refractivity contribution in [2.45, 2.75) is 38.3 Å². The van der Waals surface area contributed by atoms with Crippen LogP contribution in [0.25, 0.3) is 16.2 Å². The molecule has 0 aromatic carbocycles. The number of ether oxygens (including phenoxy) is 1. The van der Waals surface area contributed by atoms with Crippen LogP contribution in [-0.4, -0.2) is 41.0 Å². The fourth-order valence-electron chi connectivity index (χ4n) is 4.04. The topological polar surface area (TPSA) is 85.6 Å². The van der Waals surface area contributed by atoms with E-state index in [1.54, 1.807) is 28.8 Å². The quantitative estimate of drug-likeness (QED) is 0.192. The predicted octanol–water partition coefficient (Wildman–Crippen LogP) is 6.13. The van der Waals surface area contributed by atoms with Crippen molar-refractivity contribution < 1.29 is 27.5 Å². The number of nitrogens with zero attached hydrogens (tertiary/aromatic N) is 3. The Morgan fingerprint density at radius 2 is 2.00 bits per heavy atom. The van der Waals surface area contributed by atoms with Gasteiger partial charge in [-0.05, 0) is 48.8 Å². The minimum Gasteiger partial charge on any atom is -0.465 e. The third kappa shape index (κ3) is 5.29. The van der Waals surface area contributed by atoms with Gasteiger partial charge in [0.25, 0.3) is 0 Å². The van der Waals surface area contributed by atoms with Crippen molar-refractivity contribution in [2.24, 2.45) is 0 Å². The lowest BCUT2D eigenvalue weighted by Gasteiger charge is -2.10. The molecule has 4 heterocycles. The third-order valence-electron chi connectivity index (χ3n) is 5.67. The fraction of sp³-hybridized carbons (Fsp3) is 0.333. The Morgan fingerprint density at radius 3 is 2.64 bits per heavy atom. The van der Waals surface area contributed by atoms with Crippen LogP contribution in [0, 0.1) is 0 Å². The molecule has 1 aliphatic carbocycles. The first kappa shape index (κ1) is 25.8. The summed E-state index contributed by atoms with van der Waals surface area (Å²) < 4.78 is 44.7. The van der Waals surface area contributed by atoms with E-state index >= 15 is 0 Å². The molecule has 5 rings (SSSR count). The van der Waals surface area contributed by atoms with Gasteiger partial charge in [0.1, 0.15) is 10.7 Å². The number of hydrogen-bond acceptors (Lipinski definition) is 8. The Kier molecular flexibility index (Phi) is 7.74. The molecule has 36 heavy (non-hydrogen) atoms. The van der Waals surface area contributed by atoms with Crippen LogP contribution in [0.2, 0.25) is 0 Å². The first-order valence-corrected chi connectivity index (χ1v) is 12.8. The minimum absolute atomic E-state index is 0.00896. The van der Waals surface area contributed by atoms with Crippen LogP contribution in [0.15, 0.2) is 29.6 Å². The van der Waals surface area contributed by atoms with Gasteiger partial charge in [-0.2, -0.15) is 18.3 Å². The van der Waals surface area contributed by atoms with Gasteiger partial charge in [-0.3, -0.25) is 4.79 Å². The van der Waals surface area contributed by atoms with Crippen molar-refractivity contribution in [3.05, 3.63) is 57.0 Å². The number of rotatable bonds is 4. The monoisotopic (exact) mass is 536 g/mol. The van der Waals surface area contributed by atoms with Crippen molar-refractivity contribution >= 4 is 45.6 Å². The van der Waals surface area contributed by atoms with Crippen LogP contribution in [0.3, 0.4) is 0 Å². The van der Waals surface area contributed by atoms with Gasteiger partial charge < -0.3 is 10.1 Å². The molecule has 0 saturated carbocycles. The second-order valence-electron chi connectivity index (χ2n) is 7.97. The molecule has 1 N–H and O–H groups in total. The molecule has 0 saturated heterocycles. The number of halogens is 3. The molecule has 1 aliphatic rings. The zero-order chi connectivity index (χ0) is 25.9. The maximum Gasteiger partial charge on any atom is 0.433 e. The van der Waals surface area contributed by atoms with E-state index in [1.807, 2.05) is 7.05 Å². The first-order chi connectivity index (χ1) is 17.3. The van der Waals surface area contributed by atoms with Crippen LogP contribution in [0.5, 0.6) is 0 Å². The summed E-state index contributed by atoms with van der Waals surface area (Å²) >= 11 is 2.99. The van der Waals surface area contributed by atoms with Gasteiger partial charge in [0.05, 0.1) is 23.2 Å². The lowest BCUT2D eigenvalue weighted by Crippen LogP contribution is -2.13. The maximum atomic E-state index is 13.1. The van der Waals surface area contributed by atoms with Crippen LogP contribution in [0.4, 0.5) is 18.2 Å². The van der Waals surface area contributed by atoms with Gasteiger partial charge >= 0.3 is 12.1 Å². The number of nitrogens with one attached hydrogen (secondary N) is 1. The molecule has 0 atom stereocenters. The number of esters is 1. The highest BCUT2D eigenvalue weighted by atomic mass is 32.1. The SMILES string of the molecule is CNc1sc2c(c1C(=O)OC)CCCCC2.O=Cc1cc2nc(-c3cccs3)cc(C(F)(F)F)n2n1. The number of aryl methyl sites for hydroxylation is 1. The Bertz CT molecular complexity index is 1380. The summed E-state index contributed by atoms with van der Waals surface area (Å²) in [5.74, 6) is -0.205.